The van der Waals surface area contributed by atoms with Crippen molar-refractivity contribution in [1.29, 1.82) is 0 Å². The van der Waals surface area contributed by atoms with Gasteiger partial charge in [-0.3, -0.25) is 4.79 Å². The van der Waals surface area contributed by atoms with E-state index in [1.54, 1.807) is 0 Å². The third-order valence-corrected chi connectivity index (χ3v) is 7.37. The number of hydrogen-bond acceptors (Lipinski definition) is 1. The Balaban J connectivity index is 1.35. The summed E-state index contributed by atoms with van der Waals surface area (Å²) in [5.41, 5.74) is 3.68. The molecule has 2 aliphatic rings. The molecule has 3 nitrogen and oxygen atoms in total. The minimum absolute atomic E-state index is 0.135. The maximum Gasteiger partial charge on any atom is 0.226 e. The van der Waals surface area contributed by atoms with Crippen molar-refractivity contribution < 1.29 is 4.79 Å². The van der Waals surface area contributed by atoms with Crippen molar-refractivity contribution in [3.8, 4) is 0 Å². The van der Waals surface area contributed by atoms with Gasteiger partial charge in [0.05, 0.1) is 6.54 Å². The summed E-state index contributed by atoms with van der Waals surface area (Å²) < 4.78 is 2.26. The van der Waals surface area contributed by atoms with Crippen LogP contribution in [0.3, 0.4) is 0 Å². The van der Waals surface area contributed by atoms with Gasteiger partial charge in [-0.05, 0) is 60.6 Å². The number of aromatic nitrogens is 1. The van der Waals surface area contributed by atoms with Crippen LogP contribution in [-0.2, 0) is 17.9 Å². The van der Waals surface area contributed by atoms with E-state index in [4.69, 9.17) is 11.6 Å². The molecule has 1 amide bonds. The number of nitrogens with zero attached hydrogens (tertiary/aromatic N) is 2. The van der Waals surface area contributed by atoms with E-state index in [0.29, 0.717) is 24.4 Å². The zero-order valence-electron chi connectivity index (χ0n) is 18.5. The van der Waals surface area contributed by atoms with Gasteiger partial charge >= 0.3 is 0 Å². The van der Waals surface area contributed by atoms with Gasteiger partial charge in [-0.25, -0.2) is 0 Å². The van der Waals surface area contributed by atoms with Crippen LogP contribution in [0.2, 0.25) is 5.02 Å². The summed E-state index contributed by atoms with van der Waals surface area (Å²) in [6.45, 7) is 1.46. The second-order valence-corrected chi connectivity index (χ2v) is 9.81. The lowest BCUT2D eigenvalue weighted by Crippen LogP contribution is -2.42. The normalized spacial score (nSPS) is 20.8. The Morgan fingerprint density at radius 2 is 1.78 bits per heavy atom. The highest BCUT2D eigenvalue weighted by Gasteiger charge is 2.46. The summed E-state index contributed by atoms with van der Waals surface area (Å²) >= 11 is 6.20. The van der Waals surface area contributed by atoms with Crippen LogP contribution in [0.25, 0.3) is 0 Å². The molecule has 2 atom stereocenters. The largest absolute Gasteiger partial charge is 0.345 e. The molecule has 2 unspecified atom stereocenters. The Hall–Kier alpha value is -2.52. The highest BCUT2D eigenvalue weighted by molar-refractivity contribution is 6.30. The van der Waals surface area contributed by atoms with Gasteiger partial charge in [-0.15, -0.1) is 0 Å². The van der Waals surface area contributed by atoms with Gasteiger partial charge in [0.2, 0.25) is 5.91 Å². The van der Waals surface area contributed by atoms with E-state index in [1.165, 1.54) is 36.1 Å². The molecule has 3 aromatic rings. The van der Waals surface area contributed by atoms with E-state index in [9.17, 15) is 4.79 Å². The minimum Gasteiger partial charge on any atom is -0.345 e. The van der Waals surface area contributed by atoms with Crippen molar-refractivity contribution in [3.05, 3.63) is 94.8 Å². The molecule has 2 aliphatic carbocycles. The molecule has 2 aromatic carbocycles. The number of carbonyl (C=O) groups is 1. The fraction of sp³-hybridized carbons (Fsp3) is 0.393. The maximum atomic E-state index is 13.7. The highest BCUT2D eigenvalue weighted by atomic mass is 35.5. The van der Waals surface area contributed by atoms with Crippen molar-refractivity contribution in [2.24, 2.45) is 5.92 Å². The van der Waals surface area contributed by atoms with E-state index in [2.05, 4.69) is 58.1 Å². The molecule has 0 aliphatic heterocycles. The second-order valence-electron chi connectivity index (χ2n) is 9.37. The van der Waals surface area contributed by atoms with Crippen LogP contribution in [-0.4, -0.2) is 21.4 Å². The first-order valence-corrected chi connectivity index (χ1v) is 12.3. The van der Waals surface area contributed by atoms with Crippen LogP contribution in [0.15, 0.2) is 72.9 Å². The van der Waals surface area contributed by atoms with E-state index in [-0.39, 0.29) is 5.92 Å². The maximum absolute atomic E-state index is 13.7. The summed E-state index contributed by atoms with van der Waals surface area (Å²) in [6, 6.07) is 23.2. The van der Waals surface area contributed by atoms with Crippen molar-refractivity contribution in [2.75, 3.05) is 0 Å². The lowest BCUT2D eigenvalue weighted by molar-refractivity contribution is -0.136. The first kappa shape index (κ1) is 21.3. The van der Waals surface area contributed by atoms with Gasteiger partial charge in [0.15, 0.2) is 0 Å². The van der Waals surface area contributed by atoms with Gasteiger partial charge < -0.3 is 9.47 Å². The Morgan fingerprint density at radius 1 is 0.969 bits per heavy atom. The van der Waals surface area contributed by atoms with Gasteiger partial charge in [-0.1, -0.05) is 73.3 Å². The van der Waals surface area contributed by atoms with Crippen molar-refractivity contribution in [3.63, 3.8) is 0 Å². The molecule has 1 aromatic heterocycles. The molecule has 0 radical (unpaired) electrons. The van der Waals surface area contributed by atoms with Gasteiger partial charge in [0, 0.05) is 35.4 Å². The third-order valence-electron chi connectivity index (χ3n) is 7.13. The molecule has 0 N–H and O–H groups in total. The van der Waals surface area contributed by atoms with Crippen LogP contribution in [0.5, 0.6) is 0 Å². The predicted molar refractivity (Wildman–Crippen MR) is 130 cm³/mol. The SMILES string of the molecule is O=C(C1CC1c1ccccc1)N(Cc1cccn1Cc1cccc(Cl)c1)C1CCCCC1. The summed E-state index contributed by atoms with van der Waals surface area (Å²) in [6.07, 6.45) is 9.10. The fourth-order valence-electron chi connectivity index (χ4n) is 5.28. The number of hydrogen-bond donors (Lipinski definition) is 0. The molecule has 0 spiro atoms. The standard InChI is InChI=1S/C28H31ClN2O/c29-23-12-7-9-21(17-23)19-30-16-8-15-25(30)20-31(24-13-5-2-6-14-24)28(32)27-18-26(27)22-10-3-1-4-11-22/h1,3-4,7-12,15-17,24,26-27H,2,5-6,13-14,18-20H2. The smallest absolute Gasteiger partial charge is 0.226 e. The van der Waals surface area contributed by atoms with E-state index in [0.717, 1.165) is 30.8 Å². The summed E-state index contributed by atoms with van der Waals surface area (Å²) in [7, 11) is 0. The molecule has 5 rings (SSSR count). The van der Waals surface area contributed by atoms with Crippen molar-refractivity contribution in [1.82, 2.24) is 9.47 Å². The Kier molecular flexibility index (Phi) is 6.36. The monoisotopic (exact) mass is 446 g/mol. The predicted octanol–water partition coefficient (Wildman–Crippen LogP) is 6.65. The van der Waals surface area contributed by atoms with Gasteiger partial charge in [0.1, 0.15) is 0 Å². The summed E-state index contributed by atoms with van der Waals surface area (Å²) in [4.78, 5) is 15.9. The fourth-order valence-corrected chi connectivity index (χ4v) is 5.50. The zero-order chi connectivity index (χ0) is 21.9. The zero-order valence-corrected chi connectivity index (χ0v) is 19.3. The average Bonchev–Trinajstić information content (AvgIpc) is 3.52. The van der Waals surface area contributed by atoms with Crippen LogP contribution >= 0.6 is 11.6 Å². The molecule has 32 heavy (non-hydrogen) atoms. The number of carbonyl (C=O) groups excluding carboxylic acids is 1. The Bertz CT molecular complexity index is 1050. The van der Waals surface area contributed by atoms with E-state index >= 15 is 0 Å². The quantitative estimate of drug-likeness (QED) is 0.398. The first-order valence-electron chi connectivity index (χ1n) is 11.9. The number of benzene rings is 2. The molecule has 2 fully saturated rings. The molecular formula is C28H31ClN2O. The first-order chi connectivity index (χ1) is 15.7. The number of amides is 1. The molecule has 0 bridgehead atoms. The second kappa shape index (κ2) is 9.54. The molecule has 2 saturated carbocycles. The summed E-state index contributed by atoms with van der Waals surface area (Å²) in [5.74, 6) is 0.866. The van der Waals surface area contributed by atoms with Crippen LogP contribution in [0.4, 0.5) is 0 Å². The Labute approximate surface area is 196 Å². The molecule has 1 heterocycles. The van der Waals surface area contributed by atoms with Crippen LogP contribution in [0.1, 0.15) is 61.3 Å². The van der Waals surface area contributed by atoms with Gasteiger partial charge in [-0.2, -0.15) is 0 Å². The number of rotatable bonds is 7. The van der Waals surface area contributed by atoms with Gasteiger partial charge in [0.25, 0.3) is 0 Å². The Morgan fingerprint density at radius 3 is 2.56 bits per heavy atom. The van der Waals surface area contributed by atoms with E-state index in [1.807, 2.05) is 24.3 Å². The van der Waals surface area contributed by atoms with Crippen LogP contribution < -0.4 is 0 Å². The molecule has 0 saturated heterocycles. The highest BCUT2D eigenvalue weighted by Crippen LogP contribution is 2.49. The average molecular weight is 447 g/mol. The topological polar surface area (TPSA) is 25.2 Å². The lowest BCUT2D eigenvalue weighted by atomic mass is 9.93. The van der Waals surface area contributed by atoms with Crippen molar-refractivity contribution in [2.45, 2.75) is 63.6 Å². The summed E-state index contributed by atoms with van der Waals surface area (Å²) in [5, 5.41) is 0.760. The minimum atomic E-state index is 0.135. The van der Waals surface area contributed by atoms with Crippen molar-refractivity contribution >= 4 is 17.5 Å². The molecular weight excluding hydrogens is 416 g/mol. The molecule has 166 valence electrons. The number of halogens is 1. The molecule has 4 heteroatoms. The lowest BCUT2D eigenvalue weighted by Gasteiger charge is -2.35. The van der Waals surface area contributed by atoms with Crippen LogP contribution in [0, 0.1) is 5.92 Å². The van der Waals surface area contributed by atoms with E-state index < -0.39 is 0 Å². The third kappa shape index (κ3) is 4.78.